The number of carbonyl (C=O) groups excluding carboxylic acids is 1. The number of rotatable bonds is 5. The van der Waals surface area contributed by atoms with E-state index in [2.05, 4.69) is 4.98 Å². The van der Waals surface area contributed by atoms with Gasteiger partial charge in [0.15, 0.2) is 0 Å². The van der Waals surface area contributed by atoms with E-state index in [1.165, 1.54) is 23.9 Å². The fraction of sp³-hybridized carbons (Fsp3) is 0.136. The molecule has 1 aromatic carbocycles. The molecule has 4 nitrogen and oxygen atoms in total. The van der Waals surface area contributed by atoms with Crippen LogP contribution in [-0.4, -0.2) is 26.7 Å². The lowest BCUT2D eigenvalue weighted by Crippen LogP contribution is -2.30. The Balaban J connectivity index is 1.46. The maximum Gasteiger partial charge on any atom is 0.416 e. The average Bonchev–Trinajstić information content (AvgIpc) is 3.32. The van der Waals surface area contributed by atoms with Crippen molar-refractivity contribution in [2.45, 2.75) is 12.6 Å². The number of pyridine rings is 1. The Morgan fingerprint density at radius 1 is 1.06 bits per heavy atom. The van der Waals surface area contributed by atoms with Gasteiger partial charge in [-0.25, -0.2) is 0 Å². The molecule has 3 aromatic rings. The highest BCUT2D eigenvalue weighted by molar-refractivity contribution is 8.26. The molecule has 31 heavy (non-hydrogen) atoms. The normalized spacial score (nSPS) is 15.8. The molecule has 0 atom stereocenters. The fourth-order valence-electron chi connectivity index (χ4n) is 3.02. The van der Waals surface area contributed by atoms with Gasteiger partial charge in [0.05, 0.1) is 10.5 Å². The highest BCUT2D eigenvalue weighted by atomic mass is 32.2. The van der Waals surface area contributed by atoms with E-state index in [0.717, 1.165) is 17.7 Å². The van der Waals surface area contributed by atoms with Gasteiger partial charge in [0.1, 0.15) is 15.8 Å². The predicted molar refractivity (Wildman–Crippen MR) is 117 cm³/mol. The van der Waals surface area contributed by atoms with E-state index >= 15 is 0 Å². The summed E-state index contributed by atoms with van der Waals surface area (Å²) in [5.74, 6) is 0.634. The highest BCUT2D eigenvalue weighted by Gasteiger charge is 2.32. The first-order valence-electron chi connectivity index (χ1n) is 9.23. The lowest BCUT2D eigenvalue weighted by molar-refractivity contribution is -0.137. The van der Waals surface area contributed by atoms with Gasteiger partial charge in [0.25, 0.3) is 5.91 Å². The summed E-state index contributed by atoms with van der Waals surface area (Å²) in [4.78, 5) is 18.7. The molecule has 2 aromatic heterocycles. The molecule has 1 aliphatic heterocycles. The Labute approximate surface area is 185 Å². The van der Waals surface area contributed by atoms with Gasteiger partial charge < -0.3 is 4.42 Å². The second-order valence-corrected chi connectivity index (χ2v) is 8.39. The number of hydrogen-bond donors (Lipinski definition) is 0. The average molecular weight is 461 g/mol. The largest absolute Gasteiger partial charge is 0.457 e. The van der Waals surface area contributed by atoms with E-state index in [-0.39, 0.29) is 5.91 Å². The van der Waals surface area contributed by atoms with E-state index in [9.17, 15) is 18.0 Å². The van der Waals surface area contributed by atoms with Crippen LogP contribution in [0, 0.1) is 0 Å². The lowest BCUT2D eigenvalue weighted by atomic mass is 10.1. The summed E-state index contributed by atoms with van der Waals surface area (Å²) in [6.07, 6.45) is 1.26. The zero-order valence-electron chi connectivity index (χ0n) is 15.9. The SMILES string of the molecule is O=C1/C(=C/c2ccc(-c3ccc(C(F)(F)F)cc3)o2)SC(=S)N1CCc1ccncc1. The molecular weight excluding hydrogens is 445 g/mol. The molecule has 1 fully saturated rings. The van der Waals surface area contributed by atoms with Crippen molar-refractivity contribution in [3.05, 3.63) is 82.7 Å². The Bertz CT molecular complexity index is 1140. The Morgan fingerprint density at radius 2 is 1.77 bits per heavy atom. The van der Waals surface area contributed by atoms with Gasteiger partial charge in [-0.1, -0.05) is 36.1 Å². The smallest absolute Gasteiger partial charge is 0.416 e. The van der Waals surface area contributed by atoms with E-state index < -0.39 is 11.7 Å². The molecule has 0 radical (unpaired) electrons. The maximum atomic E-state index is 12.7. The van der Waals surface area contributed by atoms with E-state index in [1.54, 1.807) is 35.5 Å². The van der Waals surface area contributed by atoms with Crippen LogP contribution in [-0.2, 0) is 17.4 Å². The van der Waals surface area contributed by atoms with E-state index in [4.69, 9.17) is 16.6 Å². The summed E-state index contributed by atoms with van der Waals surface area (Å²) >= 11 is 6.54. The number of carbonyl (C=O) groups is 1. The van der Waals surface area contributed by atoms with Crippen molar-refractivity contribution in [3.63, 3.8) is 0 Å². The predicted octanol–water partition coefficient (Wildman–Crippen LogP) is 5.80. The maximum absolute atomic E-state index is 12.7. The van der Waals surface area contributed by atoms with Gasteiger partial charge in [-0.15, -0.1) is 0 Å². The van der Waals surface area contributed by atoms with Crippen LogP contribution < -0.4 is 0 Å². The number of hydrogen-bond acceptors (Lipinski definition) is 5. The molecule has 0 N–H and O–H groups in total. The molecular formula is C22H15F3N2O2S2. The number of alkyl halides is 3. The van der Waals surface area contributed by atoms with Crippen LogP contribution in [0.2, 0.25) is 0 Å². The molecule has 9 heteroatoms. The van der Waals surface area contributed by atoms with Crippen LogP contribution >= 0.6 is 24.0 Å². The van der Waals surface area contributed by atoms with Crippen LogP contribution in [0.4, 0.5) is 13.2 Å². The molecule has 4 rings (SSSR count). The monoisotopic (exact) mass is 460 g/mol. The molecule has 3 heterocycles. The molecule has 1 aliphatic rings. The summed E-state index contributed by atoms with van der Waals surface area (Å²) in [5, 5.41) is 0. The van der Waals surface area contributed by atoms with Gasteiger partial charge in [0, 0.05) is 30.6 Å². The first-order valence-corrected chi connectivity index (χ1v) is 10.5. The van der Waals surface area contributed by atoms with Crippen molar-refractivity contribution in [2.24, 2.45) is 0 Å². The minimum absolute atomic E-state index is 0.198. The van der Waals surface area contributed by atoms with Crippen molar-refractivity contribution in [3.8, 4) is 11.3 Å². The van der Waals surface area contributed by atoms with Gasteiger partial charge in [-0.3, -0.25) is 14.7 Å². The van der Waals surface area contributed by atoms with Crippen LogP contribution in [0.3, 0.4) is 0 Å². The van der Waals surface area contributed by atoms with Crippen LogP contribution in [0.5, 0.6) is 0 Å². The third-order valence-corrected chi connectivity index (χ3v) is 6.02. The number of aromatic nitrogens is 1. The number of amides is 1. The molecule has 1 amide bonds. The minimum atomic E-state index is -4.39. The lowest BCUT2D eigenvalue weighted by Gasteiger charge is -2.14. The summed E-state index contributed by atoms with van der Waals surface area (Å²) in [7, 11) is 0. The Kier molecular flexibility index (Phi) is 5.97. The van der Waals surface area contributed by atoms with Crippen molar-refractivity contribution >= 4 is 40.3 Å². The number of furan rings is 1. The second kappa shape index (κ2) is 8.68. The van der Waals surface area contributed by atoms with Gasteiger partial charge in [-0.2, -0.15) is 13.2 Å². The molecule has 0 spiro atoms. The van der Waals surface area contributed by atoms with Crippen LogP contribution in [0.25, 0.3) is 17.4 Å². The van der Waals surface area contributed by atoms with Crippen LogP contribution in [0.15, 0.2) is 70.2 Å². The first-order chi connectivity index (χ1) is 14.8. The number of thioether (sulfide) groups is 1. The summed E-state index contributed by atoms with van der Waals surface area (Å²) in [5.41, 5.74) is 0.844. The number of halogens is 3. The van der Waals surface area contributed by atoms with Crippen molar-refractivity contribution in [2.75, 3.05) is 6.54 Å². The second-order valence-electron chi connectivity index (χ2n) is 6.72. The zero-order valence-corrected chi connectivity index (χ0v) is 17.6. The molecule has 1 saturated heterocycles. The highest BCUT2D eigenvalue weighted by Crippen LogP contribution is 2.34. The van der Waals surface area contributed by atoms with Gasteiger partial charge in [-0.05, 0) is 48.4 Å². The summed E-state index contributed by atoms with van der Waals surface area (Å²) < 4.78 is 44.4. The van der Waals surface area contributed by atoms with Crippen molar-refractivity contribution in [1.29, 1.82) is 0 Å². The molecule has 158 valence electrons. The van der Waals surface area contributed by atoms with Crippen molar-refractivity contribution < 1.29 is 22.4 Å². The Morgan fingerprint density at radius 3 is 2.45 bits per heavy atom. The topological polar surface area (TPSA) is 46.3 Å². The van der Waals surface area contributed by atoms with Crippen LogP contribution in [0.1, 0.15) is 16.9 Å². The third-order valence-electron chi connectivity index (χ3n) is 4.64. The van der Waals surface area contributed by atoms with Gasteiger partial charge >= 0.3 is 6.18 Å². The fourth-order valence-corrected chi connectivity index (χ4v) is 4.31. The molecule has 0 aliphatic carbocycles. The molecule has 0 bridgehead atoms. The molecule has 0 unspecified atom stereocenters. The van der Waals surface area contributed by atoms with Gasteiger partial charge in [0.2, 0.25) is 0 Å². The van der Waals surface area contributed by atoms with Crippen molar-refractivity contribution in [1.82, 2.24) is 9.88 Å². The molecule has 0 saturated carbocycles. The zero-order chi connectivity index (χ0) is 22.0. The summed E-state index contributed by atoms with van der Waals surface area (Å²) in [6, 6.07) is 11.8. The first kappa shape index (κ1) is 21.3. The standard InChI is InChI=1S/C22H15F3N2O2S2/c23-22(24,25)16-3-1-15(2-4-16)18-6-5-17(29-18)13-19-20(28)27(21(30)31-19)12-9-14-7-10-26-11-8-14/h1-8,10-11,13H,9,12H2/b19-13-. The van der Waals surface area contributed by atoms with E-state index in [0.29, 0.717) is 39.3 Å². The Hall–Kier alpha value is -2.91. The minimum Gasteiger partial charge on any atom is -0.457 e. The quantitative estimate of drug-likeness (QED) is 0.356. The summed E-state index contributed by atoms with van der Waals surface area (Å²) in [6.45, 7) is 0.459. The third kappa shape index (κ3) is 4.88. The number of nitrogens with zero attached hydrogens (tertiary/aromatic N) is 2. The number of benzene rings is 1. The number of thiocarbonyl (C=S) groups is 1. The van der Waals surface area contributed by atoms with E-state index in [1.807, 2.05) is 12.1 Å².